The van der Waals surface area contributed by atoms with Crippen molar-refractivity contribution in [1.82, 2.24) is 20.4 Å². The molecule has 0 heterocycles. The van der Waals surface area contributed by atoms with E-state index in [4.69, 9.17) is 9.73 Å². The zero-order chi connectivity index (χ0) is 21.5. The van der Waals surface area contributed by atoms with Gasteiger partial charge >= 0.3 is 0 Å². The molecule has 0 spiro atoms. The largest absolute Gasteiger partial charge is 0.492 e. The summed E-state index contributed by atoms with van der Waals surface area (Å²) in [7, 11) is 4.11. The third-order valence-corrected chi connectivity index (χ3v) is 4.91. The molecule has 0 bridgehead atoms. The highest BCUT2D eigenvalue weighted by Crippen LogP contribution is 2.18. The number of likely N-dealkylation sites (N-methyl/N-ethyl adjacent to an activating group) is 1. The van der Waals surface area contributed by atoms with Crippen molar-refractivity contribution in [2.75, 3.05) is 53.4 Å². The fraction of sp³-hybridized carbons (Fsp3) is 0.696. The Balaban J connectivity index is 0.00000841. The molecule has 1 aromatic carbocycles. The van der Waals surface area contributed by atoms with Crippen molar-refractivity contribution in [1.29, 1.82) is 0 Å². The second-order valence-electron chi connectivity index (χ2n) is 7.67. The van der Waals surface area contributed by atoms with Gasteiger partial charge in [0.15, 0.2) is 5.96 Å². The van der Waals surface area contributed by atoms with Gasteiger partial charge in [-0.05, 0) is 66.5 Å². The molecule has 2 N–H and O–H groups in total. The predicted octanol–water partition coefficient (Wildman–Crippen LogP) is 3.81. The lowest BCUT2D eigenvalue weighted by Gasteiger charge is -2.21. The smallest absolute Gasteiger partial charge is 0.191 e. The lowest BCUT2D eigenvalue weighted by Crippen LogP contribution is -2.42. The van der Waals surface area contributed by atoms with Crippen molar-refractivity contribution in [3.05, 3.63) is 29.8 Å². The van der Waals surface area contributed by atoms with E-state index in [-0.39, 0.29) is 24.0 Å². The third-order valence-electron chi connectivity index (χ3n) is 4.91. The quantitative estimate of drug-likeness (QED) is 0.217. The number of nitrogens with zero attached hydrogens (tertiary/aromatic N) is 3. The molecule has 30 heavy (non-hydrogen) atoms. The van der Waals surface area contributed by atoms with Gasteiger partial charge in [-0.1, -0.05) is 32.0 Å². The summed E-state index contributed by atoms with van der Waals surface area (Å²) in [6.45, 7) is 15.2. The number of rotatable bonds is 14. The van der Waals surface area contributed by atoms with Crippen LogP contribution in [-0.2, 0) is 6.54 Å². The average Bonchev–Trinajstić information content (AvgIpc) is 2.70. The second kappa shape index (κ2) is 17.6. The van der Waals surface area contributed by atoms with Gasteiger partial charge in [0.1, 0.15) is 12.4 Å². The maximum atomic E-state index is 5.96. The molecule has 174 valence electrons. The topological polar surface area (TPSA) is 52.1 Å². The second-order valence-corrected chi connectivity index (χ2v) is 7.67. The van der Waals surface area contributed by atoms with Gasteiger partial charge < -0.3 is 25.2 Å². The molecule has 6 nitrogen and oxygen atoms in total. The van der Waals surface area contributed by atoms with Crippen LogP contribution in [0.15, 0.2) is 29.3 Å². The molecular weight excluding hydrogens is 489 g/mol. The number of hydrogen-bond donors (Lipinski definition) is 2. The molecule has 7 heteroatoms. The Labute approximate surface area is 201 Å². The van der Waals surface area contributed by atoms with Gasteiger partial charge in [0, 0.05) is 24.7 Å². The molecule has 1 aromatic rings. The molecule has 0 saturated carbocycles. The van der Waals surface area contributed by atoms with Crippen molar-refractivity contribution < 1.29 is 4.74 Å². The molecule has 1 atom stereocenters. The van der Waals surface area contributed by atoms with Crippen LogP contribution in [0.3, 0.4) is 0 Å². The van der Waals surface area contributed by atoms with Crippen LogP contribution in [0, 0.1) is 0 Å². The van der Waals surface area contributed by atoms with Crippen LogP contribution in [0.4, 0.5) is 0 Å². The minimum atomic E-state index is 0. The maximum absolute atomic E-state index is 5.96. The van der Waals surface area contributed by atoms with Crippen molar-refractivity contribution in [3.8, 4) is 5.75 Å². The van der Waals surface area contributed by atoms with E-state index in [1.807, 2.05) is 18.2 Å². The summed E-state index contributed by atoms with van der Waals surface area (Å²) in [5.41, 5.74) is 1.11. The number of hydrogen-bond acceptors (Lipinski definition) is 4. The first-order chi connectivity index (χ1) is 14.0. The van der Waals surface area contributed by atoms with Crippen LogP contribution in [0.5, 0.6) is 5.75 Å². The number of ether oxygens (including phenoxy) is 1. The van der Waals surface area contributed by atoms with Gasteiger partial charge in [0.2, 0.25) is 0 Å². The van der Waals surface area contributed by atoms with Crippen molar-refractivity contribution in [2.45, 2.75) is 53.1 Å². The Kier molecular flexibility index (Phi) is 17.0. The van der Waals surface area contributed by atoms with Gasteiger partial charge in [-0.3, -0.25) is 0 Å². The van der Waals surface area contributed by atoms with Crippen molar-refractivity contribution in [3.63, 3.8) is 0 Å². The van der Waals surface area contributed by atoms with Gasteiger partial charge in [-0.2, -0.15) is 0 Å². The number of aliphatic imine (C=N–C) groups is 1. The minimum Gasteiger partial charge on any atom is -0.492 e. The molecule has 0 aliphatic rings. The molecular formula is C23H44IN5O. The van der Waals surface area contributed by atoms with E-state index < -0.39 is 0 Å². The van der Waals surface area contributed by atoms with Crippen LogP contribution in [-0.4, -0.2) is 75.2 Å². The van der Waals surface area contributed by atoms with Crippen molar-refractivity contribution >= 4 is 29.9 Å². The summed E-state index contributed by atoms with van der Waals surface area (Å²) >= 11 is 0. The molecule has 0 aliphatic heterocycles. The van der Waals surface area contributed by atoms with Gasteiger partial charge in [0.05, 0.1) is 6.54 Å². The number of nitrogens with one attached hydrogen (secondary N) is 2. The molecule has 0 amide bonds. The monoisotopic (exact) mass is 533 g/mol. The molecule has 1 rings (SSSR count). The van der Waals surface area contributed by atoms with Crippen LogP contribution in [0.2, 0.25) is 0 Å². The fourth-order valence-electron chi connectivity index (χ4n) is 3.06. The van der Waals surface area contributed by atoms with E-state index in [2.05, 4.69) is 68.3 Å². The van der Waals surface area contributed by atoms with E-state index in [9.17, 15) is 0 Å². The molecule has 0 fully saturated rings. The number of guanidine groups is 1. The van der Waals surface area contributed by atoms with E-state index >= 15 is 0 Å². The normalized spacial score (nSPS) is 12.6. The first-order valence-corrected chi connectivity index (χ1v) is 11.1. The Bertz CT molecular complexity index is 578. The highest BCUT2D eigenvalue weighted by Gasteiger charge is 2.08. The van der Waals surface area contributed by atoms with Gasteiger partial charge in [0.25, 0.3) is 0 Å². The summed E-state index contributed by atoms with van der Waals surface area (Å²) in [5.74, 6) is 1.78. The standard InChI is InChI=1S/C23H43N5O.HI/c1-7-24-23(26-20(4)13-12-16-28(8-2)9-3)25-19-21-14-10-11-15-22(21)29-18-17-27(5)6;/h10-11,14-15,20H,7-9,12-13,16-19H2,1-6H3,(H2,24,25,26);1H. The SMILES string of the molecule is CCNC(=NCc1ccccc1OCCN(C)C)NC(C)CCCN(CC)CC.I. The molecule has 0 aliphatic carbocycles. The summed E-state index contributed by atoms with van der Waals surface area (Å²) in [6.07, 6.45) is 2.32. The highest BCUT2D eigenvalue weighted by molar-refractivity contribution is 14.0. The third kappa shape index (κ3) is 12.6. The molecule has 0 saturated heterocycles. The summed E-state index contributed by atoms with van der Waals surface area (Å²) in [4.78, 5) is 9.39. The first kappa shape index (κ1) is 28.9. The summed E-state index contributed by atoms with van der Waals surface area (Å²) < 4.78 is 5.96. The van der Waals surface area contributed by atoms with E-state index in [0.717, 1.165) is 56.4 Å². The maximum Gasteiger partial charge on any atom is 0.191 e. The lowest BCUT2D eigenvalue weighted by atomic mass is 10.2. The summed E-state index contributed by atoms with van der Waals surface area (Å²) in [5, 5.41) is 6.91. The fourth-order valence-corrected chi connectivity index (χ4v) is 3.06. The Hall–Kier alpha value is -1.06. The van der Waals surface area contributed by atoms with Gasteiger partial charge in [-0.25, -0.2) is 4.99 Å². The van der Waals surface area contributed by atoms with E-state index in [1.54, 1.807) is 0 Å². The zero-order valence-electron chi connectivity index (χ0n) is 19.9. The molecule has 0 radical (unpaired) electrons. The lowest BCUT2D eigenvalue weighted by molar-refractivity contribution is 0.259. The van der Waals surface area contributed by atoms with Crippen LogP contribution >= 0.6 is 24.0 Å². The molecule has 1 unspecified atom stereocenters. The average molecular weight is 534 g/mol. The number of halogens is 1. The zero-order valence-corrected chi connectivity index (χ0v) is 22.2. The summed E-state index contributed by atoms with van der Waals surface area (Å²) in [6, 6.07) is 8.55. The Morgan fingerprint density at radius 1 is 1.10 bits per heavy atom. The van der Waals surface area contributed by atoms with Crippen LogP contribution < -0.4 is 15.4 Å². The van der Waals surface area contributed by atoms with Crippen LogP contribution in [0.25, 0.3) is 0 Å². The van der Waals surface area contributed by atoms with Crippen LogP contribution in [0.1, 0.15) is 46.1 Å². The predicted molar refractivity (Wildman–Crippen MR) is 140 cm³/mol. The number of benzene rings is 1. The van der Waals surface area contributed by atoms with E-state index in [0.29, 0.717) is 19.2 Å². The van der Waals surface area contributed by atoms with Crippen molar-refractivity contribution in [2.24, 2.45) is 4.99 Å². The first-order valence-electron chi connectivity index (χ1n) is 11.1. The minimum absolute atomic E-state index is 0. The van der Waals surface area contributed by atoms with E-state index in [1.165, 1.54) is 6.42 Å². The number of para-hydroxylation sites is 1. The molecule has 0 aromatic heterocycles. The highest BCUT2D eigenvalue weighted by atomic mass is 127. The Morgan fingerprint density at radius 3 is 2.43 bits per heavy atom. The van der Waals surface area contributed by atoms with Gasteiger partial charge in [-0.15, -0.1) is 24.0 Å². The Morgan fingerprint density at radius 2 is 1.80 bits per heavy atom.